The zero-order chi connectivity index (χ0) is 25.8. The van der Waals surface area contributed by atoms with Gasteiger partial charge in [0.2, 0.25) is 12.3 Å². The van der Waals surface area contributed by atoms with Gasteiger partial charge in [-0.05, 0) is 50.3 Å². The number of nitrogens with zero attached hydrogens (tertiary/aromatic N) is 4. The second-order valence-corrected chi connectivity index (χ2v) is 9.37. The minimum absolute atomic E-state index is 0.00227. The molecule has 1 saturated heterocycles. The number of methoxy groups -OCH3 is 1. The Labute approximate surface area is 213 Å². The van der Waals surface area contributed by atoms with Crippen molar-refractivity contribution in [3.8, 4) is 22.9 Å². The van der Waals surface area contributed by atoms with E-state index in [2.05, 4.69) is 25.5 Å². The fourth-order valence-electron chi connectivity index (χ4n) is 4.97. The zero-order valence-corrected chi connectivity index (χ0v) is 20.6. The average Bonchev–Trinajstić information content (AvgIpc) is 3.51. The molecule has 2 aliphatic heterocycles. The van der Waals surface area contributed by atoms with Gasteiger partial charge in [-0.1, -0.05) is 0 Å². The minimum Gasteiger partial charge on any atom is -0.491 e. The second kappa shape index (κ2) is 10.5. The number of aromatic nitrogens is 4. The van der Waals surface area contributed by atoms with Gasteiger partial charge in [-0.2, -0.15) is 5.10 Å². The lowest BCUT2D eigenvalue weighted by Crippen LogP contribution is -2.45. The highest BCUT2D eigenvalue weighted by molar-refractivity contribution is 5.94. The summed E-state index contributed by atoms with van der Waals surface area (Å²) in [6.07, 6.45) is 9.73. The normalized spacial score (nSPS) is 19.1. The fourth-order valence-corrected chi connectivity index (χ4v) is 4.97. The first-order valence-corrected chi connectivity index (χ1v) is 12.4. The quantitative estimate of drug-likeness (QED) is 0.506. The van der Waals surface area contributed by atoms with Crippen LogP contribution in [0.4, 0.5) is 4.39 Å². The molecule has 37 heavy (non-hydrogen) atoms. The van der Waals surface area contributed by atoms with Gasteiger partial charge in [0.15, 0.2) is 5.82 Å². The number of fused-ring (bicyclic) bond motifs is 1. The largest absolute Gasteiger partial charge is 0.491 e. The van der Waals surface area contributed by atoms with Crippen LogP contribution in [0.3, 0.4) is 0 Å². The molecule has 3 aliphatic rings. The average molecular weight is 509 g/mol. The summed E-state index contributed by atoms with van der Waals surface area (Å²) in [7, 11) is 1.47. The number of likely N-dealkylation sites (tertiary alicyclic amines) is 1. The summed E-state index contributed by atoms with van der Waals surface area (Å²) < 4.78 is 24.4. The number of ether oxygens (including phenoxy) is 2. The number of carbonyl (C=O) groups is 2. The summed E-state index contributed by atoms with van der Waals surface area (Å²) in [5.74, 6) is 0.522. The van der Waals surface area contributed by atoms with Gasteiger partial charge in [0.05, 0.1) is 31.6 Å². The topological polar surface area (TPSA) is 122 Å². The van der Waals surface area contributed by atoms with Crippen LogP contribution in [0, 0.1) is 5.82 Å². The van der Waals surface area contributed by atoms with E-state index >= 15 is 0 Å². The number of aromatic amines is 1. The first-order chi connectivity index (χ1) is 18.0. The molecule has 194 valence electrons. The van der Waals surface area contributed by atoms with E-state index in [4.69, 9.17) is 9.47 Å². The third-order valence-electron chi connectivity index (χ3n) is 7.11. The maximum atomic E-state index is 14.0. The molecule has 0 aromatic carbocycles. The van der Waals surface area contributed by atoms with E-state index in [0.29, 0.717) is 30.3 Å². The van der Waals surface area contributed by atoms with Gasteiger partial charge >= 0.3 is 0 Å². The highest BCUT2D eigenvalue weighted by atomic mass is 19.1. The van der Waals surface area contributed by atoms with Gasteiger partial charge in [0.25, 0.3) is 5.91 Å². The molecule has 1 saturated carbocycles. The Morgan fingerprint density at radius 3 is 2.95 bits per heavy atom. The van der Waals surface area contributed by atoms with E-state index in [1.54, 1.807) is 12.3 Å². The molecule has 2 N–H and O–H groups in total. The van der Waals surface area contributed by atoms with Crippen molar-refractivity contribution in [3.05, 3.63) is 53.9 Å². The third-order valence-corrected chi connectivity index (χ3v) is 7.11. The van der Waals surface area contributed by atoms with E-state index in [1.165, 1.54) is 19.6 Å². The molecule has 6 rings (SSSR count). The van der Waals surface area contributed by atoms with Crippen LogP contribution in [-0.4, -0.2) is 63.2 Å². The van der Waals surface area contributed by atoms with Gasteiger partial charge in [-0.3, -0.25) is 19.7 Å². The molecular weight excluding hydrogens is 479 g/mol. The Bertz CT molecular complexity index is 1280. The SMILES string of the molecule is COc1cc(-c2cc(C(=O)N3CCCCC34CC4)[nH]n2)c(F)cn1.O=CNC1CCOc2cccnc21. The van der Waals surface area contributed by atoms with Crippen molar-refractivity contribution >= 4 is 12.3 Å². The summed E-state index contributed by atoms with van der Waals surface area (Å²) in [6, 6.07) is 6.76. The lowest BCUT2D eigenvalue weighted by Gasteiger charge is -2.35. The lowest BCUT2D eigenvalue weighted by molar-refractivity contribution is -0.110. The molecule has 11 heteroatoms. The van der Waals surface area contributed by atoms with E-state index in [-0.39, 0.29) is 23.1 Å². The summed E-state index contributed by atoms with van der Waals surface area (Å²) in [5.41, 5.74) is 1.91. The number of piperidine rings is 1. The van der Waals surface area contributed by atoms with Crippen molar-refractivity contribution in [2.45, 2.75) is 50.1 Å². The monoisotopic (exact) mass is 508 g/mol. The number of carbonyl (C=O) groups excluding carboxylic acids is 2. The Kier molecular flexibility index (Phi) is 7.02. The maximum Gasteiger partial charge on any atom is 0.272 e. The van der Waals surface area contributed by atoms with Gasteiger partial charge < -0.3 is 19.7 Å². The predicted molar refractivity (Wildman–Crippen MR) is 131 cm³/mol. The first kappa shape index (κ1) is 24.7. The van der Waals surface area contributed by atoms with Crippen molar-refractivity contribution in [1.82, 2.24) is 30.4 Å². The number of rotatable bonds is 5. The van der Waals surface area contributed by atoms with Crippen molar-refractivity contribution < 1.29 is 23.5 Å². The number of amides is 2. The van der Waals surface area contributed by atoms with E-state index < -0.39 is 5.82 Å². The molecule has 1 unspecified atom stereocenters. The maximum absolute atomic E-state index is 14.0. The Hall–Kier alpha value is -4.02. The standard InChI is InChI=1S/C17H19FN4O2.C9H10N2O2/c1-24-15-8-11(12(18)10-19-15)13-9-14(21-20-13)16(23)22-7-3-2-4-17(22)5-6-17;12-6-11-7-3-5-13-8-2-1-4-10-9(7)8/h8-10H,2-7H2,1H3,(H,20,21);1-2,4,6-7H,3,5H2,(H,11,12). The summed E-state index contributed by atoms with van der Waals surface area (Å²) in [5, 5.41) is 9.59. The summed E-state index contributed by atoms with van der Waals surface area (Å²) >= 11 is 0. The minimum atomic E-state index is -0.502. The molecule has 1 aliphatic carbocycles. The van der Waals surface area contributed by atoms with Crippen molar-refractivity contribution in [2.75, 3.05) is 20.3 Å². The zero-order valence-electron chi connectivity index (χ0n) is 20.6. The highest BCUT2D eigenvalue weighted by Gasteiger charge is 2.51. The molecule has 0 radical (unpaired) electrons. The number of hydrogen-bond donors (Lipinski definition) is 2. The van der Waals surface area contributed by atoms with Gasteiger partial charge in [0, 0.05) is 36.3 Å². The second-order valence-electron chi connectivity index (χ2n) is 9.37. The van der Waals surface area contributed by atoms with Crippen LogP contribution in [0.5, 0.6) is 11.6 Å². The summed E-state index contributed by atoms with van der Waals surface area (Å²) in [4.78, 5) is 33.1. The van der Waals surface area contributed by atoms with Gasteiger partial charge in [-0.25, -0.2) is 9.37 Å². The number of pyridine rings is 2. The van der Waals surface area contributed by atoms with Crippen molar-refractivity contribution in [3.63, 3.8) is 0 Å². The molecular formula is C26H29FN6O4. The van der Waals surface area contributed by atoms with Crippen LogP contribution in [0.2, 0.25) is 0 Å². The van der Waals surface area contributed by atoms with Crippen molar-refractivity contribution in [2.24, 2.45) is 0 Å². The summed E-state index contributed by atoms with van der Waals surface area (Å²) in [6.45, 7) is 1.41. The predicted octanol–water partition coefficient (Wildman–Crippen LogP) is 3.43. The molecule has 2 fully saturated rings. The Balaban J connectivity index is 0.000000182. The van der Waals surface area contributed by atoms with E-state index in [9.17, 15) is 14.0 Å². The van der Waals surface area contributed by atoms with Gasteiger partial charge in [0.1, 0.15) is 17.1 Å². The smallest absolute Gasteiger partial charge is 0.272 e. The lowest BCUT2D eigenvalue weighted by atomic mass is 9.99. The number of hydrogen-bond acceptors (Lipinski definition) is 7. The van der Waals surface area contributed by atoms with Crippen LogP contribution in [-0.2, 0) is 4.79 Å². The Morgan fingerprint density at radius 1 is 1.30 bits per heavy atom. The van der Waals surface area contributed by atoms with Crippen LogP contribution in [0.15, 0.2) is 36.7 Å². The molecule has 3 aromatic heterocycles. The van der Waals surface area contributed by atoms with Crippen LogP contribution in [0.25, 0.3) is 11.3 Å². The molecule has 3 aromatic rings. The highest BCUT2D eigenvalue weighted by Crippen LogP contribution is 2.48. The molecule has 1 spiro atoms. The van der Waals surface area contributed by atoms with E-state index in [0.717, 1.165) is 56.3 Å². The van der Waals surface area contributed by atoms with Crippen molar-refractivity contribution in [1.29, 1.82) is 0 Å². The molecule has 1 atom stereocenters. The number of halogens is 1. The fraction of sp³-hybridized carbons (Fsp3) is 0.423. The number of nitrogens with one attached hydrogen (secondary N) is 2. The number of H-pyrrole nitrogens is 1. The molecule has 2 amide bonds. The molecule has 5 heterocycles. The molecule has 0 bridgehead atoms. The van der Waals surface area contributed by atoms with E-state index in [1.807, 2.05) is 17.0 Å². The third kappa shape index (κ3) is 5.11. The van der Waals surface area contributed by atoms with Crippen LogP contribution in [0.1, 0.15) is 60.7 Å². The van der Waals surface area contributed by atoms with Crippen LogP contribution >= 0.6 is 0 Å². The first-order valence-electron chi connectivity index (χ1n) is 12.4. The van der Waals surface area contributed by atoms with Gasteiger partial charge in [-0.15, -0.1) is 0 Å². The molecule has 10 nitrogen and oxygen atoms in total. The Morgan fingerprint density at radius 2 is 2.16 bits per heavy atom. The van der Waals surface area contributed by atoms with Crippen LogP contribution < -0.4 is 14.8 Å².